The van der Waals surface area contributed by atoms with E-state index in [1.165, 1.54) is 12.3 Å². The molecule has 2 aromatic rings. The number of phosphoric ester groups is 1. The molecule has 1 aromatic carbocycles. The van der Waals surface area contributed by atoms with E-state index in [9.17, 15) is 43.2 Å². The number of hydrogen-bond donors (Lipinski definition) is 5. The molecule has 23 nitrogen and oxygen atoms in total. The van der Waals surface area contributed by atoms with E-state index >= 15 is 0 Å². The minimum absolute atomic E-state index is 0.101. The Morgan fingerprint density at radius 3 is 2.53 bits per heavy atom. The number of benzene rings is 1. The SMILES string of the molecule is [N-]=[N+]=NCc1cc([N+](=O)[O-])ccc1C(=O)OC1C[C@H](n2ccc(N)nc2=O)O[C@@H]1COP(=O)(O)OP(=O)(O)OP(=O)(O)O. The molecule has 0 radical (unpaired) electrons. The van der Waals surface area contributed by atoms with Crippen LogP contribution < -0.4 is 11.4 Å². The van der Waals surface area contributed by atoms with Crippen LogP contribution in [-0.2, 0) is 42.9 Å². The summed E-state index contributed by atoms with van der Waals surface area (Å²) in [7, 11) is -17.1. The molecule has 0 bridgehead atoms. The number of nitrogens with zero attached hydrogens (tertiary/aromatic N) is 6. The van der Waals surface area contributed by atoms with Gasteiger partial charge in [-0.05, 0) is 23.2 Å². The molecule has 6 N–H and O–H groups in total. The van der Waals surface area contributed by atoms with Crippen LogP contribution >= 0.6 is 23.5 Å². The lowest BCUT2D eigenvalue weighted by atomic mass is 10.1. The third kappa shape index (κ3) is 9.73. The zero-order chi connectivity index (χ0) is 32.2. The Hall–Kier alpha value is -3.55. The summed E-state index contributed by atoms with van der Waals surface area (Å²) in [5, 5.41) is 14.4. The van der Waals surface area contributed by atoms with Gasteiger partial charge in [-0.15, -0.1) is 0 Å². The first-order chi connectivity index (χ1) is 19.9. The number of esters is 1. The highest BCUT2D eigenvalue weighted by molar-refractivity contribution is 7.66. The zero-order valence-electron chi connectivity index (χ0n) is 21.0. The molecule has 1 aromatic heterocycles. The lowest BCUT2D eigenvalue weighted by Gasteiger charge is -2.21. The van der Waals surface area contributed by atoms with Crippen molar-refractivity contribution in [1.29, 1.82) is 0 Å². The molecule has 3 rings (SSSR count). The Morgan fingerprint density at radius 1 is 1.23 bits per heavy atom. The third-order valence-electron chi connectivity index (χ3n) is 5.24. The smallest absolute Gasteiger partial charge is 0.456 e. The number of aromatic nitrogens is 2. The molecule has 26 heteroatoms. The van der Waals surface area contributed by atoms with Crippen LogP contribution in [0.25, 0.3) is 10.4 Å². The normalized spacial score (nSPS) is 21.3. The van der Waals surface area contributed by atoms with Crippen molar-refractivity contribution in [3.63, 3.8) is 0 Å². The summed E-state index contributed by atoms with van der Waals surface area (Å²) < 4.78 is 58.5. The number of azide groups is 1. The molecule has 0 spiro atoms. The van der Waals surface area contributed by atoms with Gasteiger partial charge >= 0.3 is 35.1 Å². The van der Waals surface area contributed by atoms with E-state index in [1.54, 1.807) is 0 Å². The van der Waals surface area contributed by atoms with Gasteiger partial charge in [0.05, 0.1) is 23.6 Å². The average Bonchev–Trinajstić information content (AvgIpc) is 3.25. The summed E-state index contributed by atoms with van der Waals surface area (Å²) in [6, 6.07) is 4.18. The summed E-state index contributed by atoms with van der Waals surface area (Å²) in [5.74, 6) is -1.28. The summed E-state index contributed by atoms with van der Waals surface area (Å²) in [5.41, 5.74) is 12.4. The maximum Gasteiger partial charge on any atom is 0.490 e. The number of ether oxygens (including phenoxy) is 2. The summed E-state index contributed by atoms with van der Waals surface area (Å²) in [6.07, 6.45) is -3.36. The Labute approximate surface area is 238 Å². The van der Waals surface area contributed by atoms with Gasteiger partial charge in [0, 0.05) is 29.7 Å². The van der Waals surface area contributed by atoms with Crippen LogP contribution in [0.15, 0.2) is 40.4 Å². The Bertz CT molecular complexity index is 1660. The van der Waals surface area contributed by atoms with Crippen molar-refractivity contribution in [3.8, 4) is 0 Å². The second-order valence-corrected chi connectivity index (χ2v) is 12.6. The number of nitro benzene ring substituents is 1. The molecule has 3 unspecified atom stereocenters. The topological polar surface area (TPSA) is 348 Å². The van der Waals surface area contributed by atoms with E-state index in [4.69, 9.17) is 30.5 Å². The second kappa shape index (κ2) is 13.4. The molecule has 234 valence electrons. The molecule has 1 aliphatic heterocycles. The molecule has 0 saturated carbocycles. The second-order valence-electron chi connectivity index (χ2n) is 8.23. The molecular weight excluding hydrogens is 651 g/mol. The van der Waals surface area contributed by atoms with Gasteiger partial charge in [0.15, 0.2) is 0 Å². The van der Waals surface area contributed by atoms with E-state index in [0.717, 1.165) is 22.8 Å². The number of carbonyl (C=O) groups excluding carboxylic acids is 1. The van der Waals surface area contributed by atoms with Crippen LogP contribution in [-0.4, -0.2) is 58.8 Å². The van der Waals surface area contributed by atoms with Crippen LogP contribution in [0.3, 0.4) is 0 Å². The van der Waals surface area contributed by atoms with Crippen LogP contribution in [0.2, 0.25) is 0 Å². The fourth-order valence-electron chi connectivity index (χ4n) is 3.59. The number of phosphoric acid groups is 3. The standard InChI is InChI=1S/C17H20N7O16P3/c18-14-3-4-23(17(26)21-14)15-6-12(13(37-15)8-36-42(32,33)40-43(34,35)39-41(29,30)31)38-16(25)11-2-1-10(24(27)28)5-9(11)7-20-22-19/h1-5,12-13,15H,6-8H2,(H,32,33)(H,34,35)(H2,18,21,26)(H2,29,30,31)/t12?,13-,15-/m1/s1. The predicted molar refractivity (Wildman–Crippen MR) is 136 cm³/mol. The first-order valence-electron chi connectivity index (χ1n) is 11.2. The molecule has 1 saturated heterocycles. The van der Waals surface area contributed by atoms with Crippen molar-refractivity contribution in [3.05, 3.63) is 72.6 Å². The van der Waals surface area contributed by atoms with Crippen molar-refractivity contribution in [2.75, 3.05) is 12.3 Å². The number of hydrogen-bond acceptors (Lipinski definition) is 15. The highest BCUT2D eigenvalue weighted by atomic mass is 31.3. The zero-order valence-corrected chi connectivity index (χ0v) is 23.7. The number of nitro groups is 1. The van der Waals surface area contributed by atoms with Gasteiger partial charge in [0.2, 0.25) is 0 Å². The average molecular weight is 671 g/mol. The van der Waals surface area contributed by atoms with Crippen molar-refractivity contribution in [2.24, 2.45) is 5.11 Å². The highest BCUT2D eigenvalue weighted by Crippen LogP contribution is 2.66. The van der Waals surface area contributed by atoms with E-state index in [0.29, 0.717) is 0 Å². The van der Waals surface area contributed by atoms with Gasteiger partial charge in [0.1, 0.15) is 24.3 Å². The highest BCUT2D eigenvalue weighted by Gasteiger charge is 2.44. The van der Waals surface area contributed by atoms with Gasteiger partial charge in [-0.2, -0.15) is 13.6 Å². The Kier molecular flexibility index (Phi) is 10.6. The number of nitrogens with two attached hydrogens (primary N) is 1. The Morgan fingerprint density at radius 2 is 1.93 bits per heavy atom. The molecular formula is C17H20N7O16P3. The number of nitrogen functional groups attached to an aromatic ring is 1. The molecule has 0 aliphatic carbocycles. The fourth-order valence-corrected chi connectivity index (χ4v) is 6.62. The summed E-state index contributed by atoms with van der Waals surface area (Å²) >= 11 is 0. The lowest BCUT2D eigenvalue weighted by molar-refractivity contribution is -0.384. The maximum absolute atomic E-state index is 13.1. The van der Waals surface area contributed by atoms with Crippen LogP contribution in [0.1, 0.15) is 28.6 Å². The van der Waals surface area contributed by atoms with E-state index in [-0.39, 0.29) is 23.4 Å². The van der Waals surface area contributed by atoms with Crippen LogP contribution in [0.5, 0.6) is 0 Å². The first kappa shape index (κ1) is 33.9. The van der Waals surface area contributed by atoms with Crippen molar-refractivity contribution in [2.45, 2.75) is 31.4 Å². The minimum atomic E-state index is -5.85. The van der Waals surface area contributed by atoms with E-state index in [2.05, 4.69) is 28.2 Å². The molecule has 2 heterocycles. The largest absolute Gasteiger partial charge is 0.490 e. The molecule has 1 aliphatic rings. The van der Waals surface area contributed by atoms with E-state index in [1.807, 2.05) is 0 Å². The van der Waals surface area contributed by atoms with Crippen LogP contribution in [0, 0.1) is 10.1 Å². The summed E-state index contributed by atoms with van der Waals surface area (Å²) in [6.45, 7) is -1.55. The molecule has 5 atom stereocenters. The number of non-ortho nitro benzene ring substituents is 1. The molecule has 43 heavy (non-hydrogen) atoms. The maximum atomic E-state index is 13.1. The van der Waals surface area contributed by atoms with Gasteiger partial charge in [0.25, 0.3) is 5.69 Å². The molecule has 0 amide bonds. The predicted octanol–water partition coefficient (Wildman–Crippen LogP) is 1.40. The monoisotopic (exact) mass is 671 g/mol. The fraction of sp³-hybridized carbons (Fsp3) is 0.353. The quantitative estimate of drug-likeness (QED) is 0.0382. The van der Waals surface area contributed by atoms with Crippen molar-refractivity contribution >= 4 is 40.9 Å². The van der Waals surface area contributed by atoms with Gasteiger partial charge < -0.3 is 34.8 Å². The number of rotatable bonds is 13. The summed E-state index contributed by atoms with van der Waals surface area (Å²) in [4.78, 5) is 78.3. The van der Waals surface area contributed by atoms with Gasteiger partial charge in [-0.25, -0.2) is 23.3 Å². The lowest BCUT2D eigenvalue weighted by Crippen LogP contribution is -2.31. The minimum Gasteiger partial charge on any atom is -0.456 e. The van der Waals surface area contributed by atoms with Gasteiger partial charge in [-0.1, -0.05) is 5.11 Å². The van der Waals surface area contributed by atoms with Crippen LogP contribution in [0.4, 0.5) is 11.5 Å². The molecule has 1 fully saturated rings. The number of carbonyl (C=O) groups is 1. The number of anilines is 1. The third-order valence-corrected chi connectivity index (χ3v) is 9.05. The van der Waals surface area contributed by atoms with E-state index < -0.39 is 77.3 Å². The van der Waals surface area contributed by atoms with Crippen molar-refractivity contribution in [1.82, 2.24) is 9.55 Å². The first-order valence-corrected chi connectivity index (χ1v) is 15.7. The van der Waals surface area contributed by atoms with Gasteiger partial charge in [-0.3, -0.25) is 19.2 Å². The van der Waals surface area contributed by atoms with Crippen molar-refractivity contribution < 1.29 is 65.6 Å². The Balaban J connectivity index is 1.87.